The molecule has 182 valence electrons. The van der Waals surface area contributed by atoms with Crippen molar-refractivity contribution in [1.82, 2.24) is 14.3 Å². The first-order valence-electron chi connectivity index (χ1n) is 12.0. The summed E-state index contributed by atoms with van der Waals surface area (Å²) in [7, 11) is 0. The maximum absolute atomic E-state index is 13.5. The van der Waals surface area contributed by atoms with Gasteiger partial charge < -0.3 is 0 Å². The van der Waals surface area contributed by atoms with E-state index in [2.05, 4.69) is 6.92 Å². The van der Waals surface area contributed by atoms with Crippen LogP contribution in [0.2, 0.25) is 0 Å². The smallest absolute Gasteiger partial charge is 0.266 e. The van der Waals surface area contributed by atoms with E-state index in [9.17, 15) is 9.59 Å². The van der Waals surface area contributed by atoms with Crippen LogP contribution in [0.15, 0.2) is 68.3 Å². The number of benzene rings is 1. The second kappa shape index (κ2) is 12.0. The van der Waals surface area contributed by atoms with Crippen molar-refractivity contribution in [2.45, 2.75) is 62.3 Å². The first kappa shape index (κ1) is 25.7. The molecule has 1 aromatic carbocycles. The highest BCUT2D eigenvalue weighted by molar-refractivity contribution is 8.26. The third-order valence-corrected chi connectivity index (χ3v) is 8.28. The minimum absolute atomic E-state index is 0.127. The second-order valence-corrected chi connectivity index (χ2v) is 11.3. The summed E-state index contributed by atoms with van der Waals surface area (Å²) in [6.45, 7) is 4.76. The number of hydrogen-bond donors (Lipinski definition) is 0. The first-order chi connectivity index (χ1) is 17.0. The molecule has 0 saturated carbocycles. The van der Waals surface area contributed by atoms with Gasteiger partial charge in [-0.1, -0.05) is 99.0 Å². The number of carbonyl (C=O) groups excluding carboxylic acids is 1. The number of thiocarbonyl (C=S) groups is 1. The topological polar surface area (TPSA) is 54.7 Å². The molecule has 0 bridgehead atoms. The summed E-state index contributed by atoms with van der Waals surface area (Å²) < 4.78 is 2.10. The zero-order valence-electron chi connectivity index (χ0n) is 20.0. The fraction of sp³-hybridized carbons (Fsp3) is 0.333. The number of rotatable bonds is 10. The number of amides is 1. The minimum Gasteiger partial charge on any atom is -0.293 e. The molecule has 1 saturated heterocycles. The monoisotopic (exact) mass is 523 g/mol. The zero-order valence-corrected chi connectivity index (χ0v) is 22.5. The third kappa shape index (κ3) is 6.05. The van der Waals surface area contributed by atoms with Gasteiger partial charge in [-0.2, -0.15) is 0 Å². The molecule has 5 nitrogen and oxygen atoms in total. The highest BCUT2D eigenvalue weighted by Gasteiger charge is 2.32. The Morgan fingerprint density at radius 3 is 2.54 bits per heavy atom. The molecule has 1 aliphatic heterocycles. The largest absolute Gasteiger partial charge is 0.293 e. The van der Waals surface area contributed by atoms with Gasteiger partial charge in [0, 0.05) is 17.6 Å². The SMILES string of the molecule is CCCCCCCCN1C(=O)/C(=C/c2c(Sc3ccccc3)nc3c(C)cccn3c2=O)SC1=S. The number of pyridine rings is 1. The zero-order chi connectivity index (χ0) is 24.8. The van der Waals surface area contributed by atoms with E-state index in [4.69, 9.17) is 17.2 Å². The van der Waals surface area contributed by atoms with Crippen LogP contribution in [0, 0.1) is 6.92 Å². The predicted molar refractivity (Wildman–Crippen MR) is 150 cm³/mol. The maximum atomic E-state index is 13.5. The van der Waals surface area contributed by atoms with Crippen LogP contribution in [0.25, 0.3) is 11.7 Å². The van der Waals surface area contributed by atoms with E-state index in [0.29, 0.717) is 32.0 Å². The molecule has 0 atom stereocenters. The van der Waals surface area contributed by atoms with Crippen LogP contribution in [0.3, 0.4) is 0 Å². The van der Waals surface area contributed by atoms with Crippen LogP contribution in [0.1, 0.15) is 56.6 Å². The van der Waals surface area contributed by atoms with Gasteiger partial charge in [-0.3, -0.25) is 18.9 Å². The molecule has 0 N–H and O–H groups in total. The fourth-order valence-corrected chi connectivity index (χ4v) is 6.16. The second-order valence-electron chi connectivity index (χ2n) is 8.54. The van der Waals surface area contributed by atoms with E-state index in [0.717, 1.165) is 23.3 Å². The Hall–Kier alpha value is -2.42. The predicted octanol–water partition coefficient (Wildman–Crippen LogP) is 6.72. The number of nitrogens with zero attached hydrogens (tertiary/aromatic N) is 3. The molecule has 1 amide bonds. The number of hydrogen-bond acceptors (Lipinski definition) is 6. The van der Waals surface area contributed by atoms with Crippen molar-refractivity contribution in [3.63, 3.8) is 0 Å². The molecule has 1 aliphatic rings. The number of thioether (sulfide) groups is 1. The molecule has 8 heteroatoms. The molecular formula is C27H29N3O2S3. The van der Waals surface area contributed by atoms with Gasteiger partial charge in [0.1, 0.15) is 15.0 Å². The standard InChI is InChI=1S/C27H29N3O2S3/c1-3-4-5-6-7-11-16-30-26(32)22(35-27(30)33)18-21-24(34-20-14-9-8-10-15-20)28-23-19(2)13-12-17-29(23)25(21)31/h8-10,12-15,17-18H,3-7,11,16H2,1-2H3/b22-18-. The van der Waals surface area contributed by atoms with Crippen molar-refractivity contribution < 1.29 is 4.79 Å². The quantitative estimate of drug-likeness (QED) is 0.127. The fourth-order valence-electron chi connectivity index (χ4n) is 3.97. The normalized spacial score (nSPS) is 15.0. The average Bonchev–Trinajstić information content (AvgIpc) is 3.12. The Labute approximate surface area is 220 Å². The Kier molecular flexibility index (Phi) is 8.81. The van der Waals surface area contributed by atoms with E-state index in [1.54, 1.807) is 21.6 Å². The molecule has 0 unspecified atom stereocenters. The van der Waals surface area contributed by atoms with Gasteiger partial charge in [0.2, 0.25) is 0 Å². The molecule has 0 radical (unpaired) electrons. The Balaban J connectivity index is 1.64. The lowest BCUT2D eigenvalue weighted by Crippen LogP contribution is -2.29. The molecule has 0 aliphatic carbocycles. The minimum atomic E-state index is -0.196. The number of aromatic nitrogens is 2. The average molecular weight is 524 g/mol. The van der Waals surface area contributed by atoms with E-state index in [-0.39, 0.29) is 11.5 Å². The van der Waals surface area contributed by atoms with Crippen LogP contribution in [-0.4, -0.2) is 31.1 Å². The van der Waals surface area contributed by atoms with Crippen molar-refractivity contribution in [3.8, 4) is 0 Å². The summed E-state index contributed by atoms with van der Waals surface area (Å²) in [6, 6.07) is 13.6. The van der Waals surface area contributed by atoms with Crippen molar-refractivity contribution in [2.24, 2.45) is 0 Å². The summed E-state index contributed by atoms with van der Waals surface area (Å²) >= 11 is 8.21. The summed E-state index contributed by atoms with van der Waals surface area (Å²) in [6.07, 6.45) is 10.3. The van der Waals surface area contributed by atoms with Crippen LogP contribution < -0.4 is 5.56 Å². The van der Waals surface area contributed by atoms with Gasteiger partial charge in [-0.15, -0.1) is 0 Å². The van der Waals surface area contributed by atoms with Gasteiger partial charge >= 0.3 is 0 Å². The van der Waals surface area contributed by atoms with Gasteiger partial charge in [0.15, 0.2) is 0 Å². The molecule has 35 heavy (non-hydrogen) atoms. The first-order valence-corrected chi connectivity index (χ1v) is 14.0. The highest BCUT2D eigenvalue weighted by atomic mass is 32.2. The van der Waals surface area contributed by atoms with Gasteiger partial charge in [0.25, 0.3) is 11.5 Å². The van der Waals surface area contributed by atoms with Crippen LogP contribution >= 0.6 is 35.7 Å². The summed E-state index contributed by atoms with van der Waals surface area (Å²) in [5, 5.41) is 0.580. The lowest BCUT2D eigenvalue weighted by atomic mass is 10.1. The van der Waals surface area contributed by atoms with E-state index in [1.165, 1.54) is 49.2 Å². The van der Waals surface area contributed by atoms with Crippen molar-refractivity contribution in [2.75, 3.05) is 6.54 Å². The van der Waals surface area contributed by atoms with Crippen molar-refractivity contribution in [3.05, 3.63) is 75.0 Å². The van der Waals surface area contributed by atoms with Crippen molar-refractivity contribution in [1.29, 1.82) is 0 Å². The highest BCUT2D eigenvalue weighted by Crippen LogP contribution is 2.35. The Bertz CT molecular complexity index is 1320. The lowest BCUT2D eigenvalue weighted by Gasteiger charge is -2.14. The molecule has 3 heterocycles. The molecule has 0 spiro atoms. The summed E-state index contributed by atoms with van der Waals surface area (Å²) in [5.41, 5.74) is 1.74. The number of fused-ring (bicyclic) bond motifs is 1. The van der Waals surface area contributed by atoms with E-state index >= 15 is 0 Å². The Morgan fingerprint density at radius 1 is 1.03 bits per heavy atom. The molecule has 3 aromatic rings. The third-order valence-electron chi connectivity index (χ3n) is 5.89. The van der Waals surface area contributed by atoms with Crippen LogP contribution in [0.4, 0.5) is 0 Å². The van der Waals surface area contributed by atoms with Crippen LogP contribution in [-0.2, 0) is 4.79 Å². The number of unbranched alkanes of at least 4 members (excludes halogenated alkanes) is 5. The molecule has 4 rings (SSSR count). The van der Waals surface area contributed by atoms with Gasteiger partial charge in [-0.25, -0.2) is 4.98 Å². The number of aryl methyl sites for hydroxylation is 1. The molecule has 1 fully saturated rings. The number of carbonyl (C=O) groups is 1. The van der Waals surface area contributed by atoms with E-state index < -0.39 is 0 Å². The summed E-state index contributed by atoms with van der Waals surface area (Å²) in [4.78, 5) is 34.7. The molecular weight excluding hydrogens is 495 g/mol. The lowest BCUT2D eigenvalue weighted by molar-refractivity contribution is -0.122. The van der Waals surface area contributed by atoms with Crippen molar-refractivity contribution >= 4 is 57.7 Å². The van der Waals surface area contributed by atoms with E-state index in [1.807, 2.05) is 49.4 Å². The van der Waals surface area contributed by atoms with Gasteiger partial charge in [-0.05, 0) is 43.2 Å². The van der Waals surface area contributed by atoms with Crippen LogP contribution in [0.5, 0.6) is 0 Å². The Morgan fingerprint density at radius 2 is 1.77 bits per heavy atom. The molecule has 2 aromatic heterocycles. The maximum Gasteiger partial charge on any atom is 0.266 e. The van der Waals surface area contributed by atoms with Gasteiger partial charge in [0.05, 0.1) is 10.5 Å². The summed E-state index contributed by atoms with van der Waals surface area (Å²) in [5.74, 6) is -0.127.